The highest BCUT2D eigenvalue weighted by molar-refractivity contribution is 5.66. The predicted octanol–water partition coefficient (Wildman–Crippen LogP) is 4.18. The molecule has 0 bridgehead atoms. The topological polar surface area (TPSA) is 26.3 Å². The standard InChI is InChI=1S/C14H28O2/c1-8-13(4,5)10-12(16-11(3)15)14(6,7)9-2/h12H,8-10H2,1-7H3. The molecule has 0 amide bonds. The lowest BCUT2D eigenvalue weighted by atomic mass is 9.74. The molecule has 0 aliphatic carbocycles. The third kappa shape index (κ3) is 5.00. The molecule has 0 heterocycles. The Morgan fingerprint density at radius 2 is 1.62 bits per heavy atom. The molecule has 0 fully saturated rings. The minimum atomic E-state index is -0.168. The smallest absolute Gasteiger partial charge is 0.302 e. The van der Waals surface area contributed by atoms with Crippen LogP contribution in [-0.2, 0) is 9.53 Å². The molecule has 0 aromatic rings. The van der Waals surface area contributed by atoms with Crippen molar-refractivity contribution in [1.82, 2.24) is 0 Å². The molecular formula is C14H28O2. The van der Waals surface area contributed by atoms with E-state index >= 15 is 0 Å². The van der Waals surface area contributed by atoms with Crippen LogP contribution in [0.15, 0.2) is 0 Å². The third-order valence-corrected chi connectivity index (χ3v) is 3.79. The van der Waals surface area contributed by atoms with Gasteiger partial charge < -0.3 is 4.74 Å². The average molecular weight is 228 g/mol. The van der Waals surface area contributed by atoms with Gasteiger partial charge in [0.05, 0.1) is 0 Å². The van der Waals surface area contributed by atoms with Crippen LogP contribution in [0, 0.1) is 10.8 Å². The first-order valence-electron chi connectivity index (χ1n) is 6.32. The first-order chi connectivity index (χ1) is 7.14. The Labute approximate surface area is 101 Å². The number of hydrogen-bond acceptors (Lipinski definition) is 2. The van der Waals surface area contributed by atoms with E-state index in [1.807, 2.05) is 0 Å². The van der Waals surface area contributed by atoms with Gasteiger partial charge in [-0.05, 0) is 18.3 Å². The van der Waals surface area contributed by atoms with Gasteiger partial charge >= 0.3 is 5.97 Å². The molecule has 0 saturated carbocycles. The van der Waals surface area contributed by atoms with E-state index in [1.54, 1.807) is 0 Å². The number of ether oxygens (including phenoxy) is 1. The number of carbonyl (C=O) groups excluding carboxylic acids is 1. The van der Waals surface area contributed by atoms with Crippen molar-refractivity contribution in [2.75, 3.05) is 0 Å². The lowest BCUT2D eigenvalue weighted by Crippen LogP contribution is -2.36. The molecule has 96 valence electrons. The van der Waals surface area contributed by atoms with E-state index in [0.717, 1.165) is 19.3 Å². The molecule has 16 heavy (non-hydrogen) atoms. The van der Waals surface area contributed by atoms with Crippen LogP contribution in [-0.4, -0.2) is 12.1 Å². The zero-order chi connectivity index (χ0) is 13.0. The number of carbonyl (C=O) groups is 1. The maximum atomic E-state index is 11.2. The van der Waals surface area contributed by atoms with Crippen molar-refractivity contribution in [2.45, 2.75) is 73.8 Å². The Kier molecular flexibility index (Phi) is 5.51. The van der Waals surface area contributed by atoms with Gasteiger partial charge in [-0.1, -0.05) is 48.0 Å². The Balaban J connectivity index is 4.75. The first kappa shape index (κ1) is 15.5. The van der Waals surface area contributed by atoms with Crippen molar-refractivity contribution in [3.05, 3.63) is 0 Å². The van der Waals surface area contributed by atoms with Crippen molar-refractivity contribution < 1.29 is 9.53 Å². The molecule has 0 rings (SSSR count). The van der Waals surface area contributed by atoms with E-state index in [2.05, 4.69) is 41.5 Å². The number of hydrogen-bond donors (Lipinski definition) is 0. The van der Waals surface area contributed by atoms with E-state index in [0.29, 0.717) is 0 Å². The summed E-state index contributed by atoms with van der Waals surface area (Å²) in [6.45, 7) is 14.6. The molecule has 1 unspecified atom stereocenters. The van der Waals surface area contributed by atoms with Crippen LogP contribution < -0.4 is 0 Å². The van der Waals surface area contributed by atoms with E-state index in [4.69, 9.17) is 4.74 Å². The summed E-state index contributed by atoms with van der Waals surface area (Å²) in [5, 5.41) is 0. The number of esters is 1. The summed E-state index contributed by atoms with van der Waals surface area (Å²) in [5.74, 6) is -0.168. The predicted molar refractivity (Wildman–Crippen MR) is 68.3 cm³/mol. The molecule has 0 saturated heterocycles. The van der Waals surface area contributed by atoms with Crippen LogP contribution >= 0.6 is 0 Å². The van der Waals surface area contributed by atoms with E-state index in [-0.39, 0.29) is 22.9 Å². The van der Waals surface area contributed by atoms with Crippen molar-refractivity contribution in [3.8, 4) is 0 Å². The summed E-state index contributed by atoms with van der Waals surface area (Å²) in [5.41, 5.74) is 0.282. The van der Waals surface area contributed by atoms with Crippen LogP contribution in [0.3, 0.4) is 0 Å². The van der Waals surface area contributed by atoms with Gasteiger partial charge in [0.2, 0.25) is 0 Å². The highest BCUT2D eigenvalue weighted by Gasteiger charge is 2.34. The fraction of sp³-hybridized carbons (Fsp3) is 0.929. The highest BCUT2D eigenvalue weighted by atomic mass is 16.5. The van der Waals surface area contributed by atoms with Gasteiger partial charge in [0.25, 0.3) is 0 Å². The normalized spacial score (nSPS) is 14.7. The Morgan fingerprint density at radius 1 is 1.12 bits per heavy atom. The highest BCUT2D eigenvalue weighted by Crippen LogP contribution is 2.37. The quantitative estimate of drug-likeness (QED) is 0.637. The van der Waals surface area contributed by atoms with Gasteiger partial charge in [-0.2, -0.15) is 0 Å². The van der Waals surface area contributed by atoms with Gasteiger partial charge in [-0.15, -0.1) is 0 Å². The Bertz CT molecular complexity index is 229. The Hall–Kier alpha value is -0.530. The molecule has 0 radical (unpaired) electrons. The van der Waals surface area contributed by atoms with Gasteiger partial charge in [0, 0.05) is 12.3 Å². The average Bonchev–Trinajstić information content (AvgIpc) is 2.16. The van der Waals surface area contributed by atoms with Crippen LogP contribution in [0.25, 0.3) is 0 Å². The van der Waals surface area contributed by atoms with Crippen molar-refractivity contribution in [1.29, 1.82) is 0 Å². The molecule has 0 aliphatic heterocycles. The molecule has 1 atom stereocenters. The van der Waals surface area contributed by atoms with Gasteiger partial charge in [-0.25, -0.2) is 0 Å². The van der Waals surface area contributed by atoms with Crippen molar-refractivity contribution >= 4 is 5.97 Å². The maximum absolute atomic E-state index is 11.2. The summed E-state index contributed by atoms with van der Waals surface area (Å²) in [7, 11) is 0. The maximum Gasteiger partial charge on any atom is 0.302 e. The van der Waals surface area contributed by atoms with Crippen LogP contribution in [0.1, 0.15) is 67.7 Å². The molecule has 0 aliphatic rings. The third-order valence-electron chi connectivity index (χ3n) is 3.79. The molecule has 0 spiro atoms. The molecule has 0 N–H and O–H groups in total. The molecule has 0 aromatic heterocycles. The lowest BCUT2D eigenvalue weighted by molar-refractivity contribution is -0.155. The fourth-order valence-corrected chi connectivity index (χ4v) is 1.55. The number of rotatable bonds is 6. The minimum absolute atomic E-state index is 0.0185. The lowest BCUT2D eigenvalue weighted by Gasteiger charge is -2.37. The van der Waals surface area contributed by atoms with Crippen LogP contribution in [0.2, 0.25) is 0 Å². The second-order valence-corrected chi connectivity index (χ2v) is 6.16. The van der Waals surface area contributed by atoms with E-state index < -0.39 is 0 Å². The summed E-state index contributed by atoms with van der Waals surface area (Å²) in [4.78, 5) is 11.2. The van der Waals surface area contributed by atoms with Gasteiger partial charge in [0.15, 0.2) is 0 Å². The summed E-state index contributed by atoms with van der Waals surface area (Å²) < 4.78 is 5.50. The second kappa shape index (κ2) is 5.70. The second-order valence-electron chi connectivity index (χ2n) is 6.16. The summed E-state index contributed by atoms with van der Waals surface area (Å²) >= 11 is 0. The molecule has 2 heteroatoms. The molecule has 2 nitrogen and oxygen atoms in total. The minimum Gasteiger partial charge on any atom is -0.462 e. The van der Waals surface area contributed by atoms with E-state index in [1.165, 1.54) is 6.92 Å². The Morgan fingerprint density at radius 3 is 1.94 bits per heavy atom. The summed E-state index contributed by atoms with van der Waals surface area (Å²) in [6.07, 6.45) is 3.07. The van der Waals surface area contributed by atoms with Gasteiger partial charge in [0.1, 0.15) is 6.10 Å². The van der Waals surface area contributed by atoms with E-state index in [9.17, 15) is 4.79 Å². The SMILES string of the molecule is CCC(C)(C)CC(OC(C)=O)C(C)(C)CC. The van der Waals surface area contributed by atoms with Crippen molar-refractivity contribution in [2.24, 2.45) is 10.8 Å². The monoisotopic (exact) mass is 228 g/mol. The molecular weight excluding hydrogens is 200 g/mol. The van der Waals surface area contributed by atoms with Crippen LogP contribution in [0.4, 0.5) is 0 Å². The van der Waals surface area contributed by atoms with Crippen molar-refractivity contribution in [3.63, 3.8) is 0 Å². The summed E-state index contributed by atoms with van der Waals surface area (Å²) in [6, 6.07) is 0. The zero-order valence-electron chi connectivity index (χ0n) is 12.0. The van der Waals surface area contributed by atoms with Gasteiger partial charge in [-0.3, -0.25) is 4.79 Å². The fourth-order valence-electron chi connectivity index (χ4n) is 1.55. The zero-order valence-corrected chi connectivity index (χ0v) is 12.0. The molecule has 0 aromatic carbocycles. The van der Waals surface area contributed by atoms with Crippen LogP contribution in [0.5, 0.6) is 0 Å². The first-order valence-corrected chi connectivity index (χ1v) is 6.32. The largest absolute Gasteiger partial charge is 0.462 e.